The Morgan fingerprint density at radius 3 is 2.88 bits per heavy atom. The van der Waals surface area contributed by atoms with Crippen LogP contribution in [0.4, 0.5) is 4.39 Å². The number of aromatic amines is 1. The van der Waals surface area contributed by atoms with E-state index in [2.05, 4.69) is 15.2 Å². The number of halogens is 1. The van der Waals surface area contributed by atoms with Gasteiger partial charge in [0, 0.05) is 24.6 Å². The van der Waals surface area contributed by atoms with E-state index < -0.39 is 0 Å². The van der Waals surface area contributed by atoms with Crippen LogP contribution in [0.15, 0.2) is 47.1 Å². The lowest BCUT2D eigenvalue weighted by molar-refractivity contribution is 0.0672. The van der Waals surface area contributed by atoms with Crippen LogP contribution in [-0.2, 0) is 0 Å². The average Bonchev–Trinajstić information content (AvgIpc) is 3.34. The van der Waals surface area contributed by atoms with E-state index in [4.69, 9.17) is 4.42 Å². The van der Waals surface area contributed by atoms with E-state index in [-0.39, 0.29) is 17.6 Å². The molecule has 0 radical (unpaired) electrons. The molecule has 1 N–H and O–H groups in total. The number of hydrogen-bond donors (Lipinski definition) is 1. The van der Waals surface area contributed by atoms with Crippen LogP contribution in [0.3, 0.4) is 0 Å². The molecular formula is C18H17FN4O2. The van der Waals surface area contributed by atoms with E-state index in [0.29, 0.717) is 24.7 Å². The van der Waals surface area contributed by atoms with Crippen molar-refractivity contribution in [2.24, 2.45) is 0 Å². The summed E-state index contributed by atoms with van der Waals surface area (Å²) >= 11 is 0. The molecule has 1 aliphatic rings. The molecule has 0 unspecified atom stereocenters. The van der Waals surface area contributed by atoms with Crippen molar-refractivity contribution in [2.75, 3.05) is 13.1 Å². The van der Waals surface area contributed by atoms with Gasteiger partial charge in [0.2, 0.25) is 0 Å². The summed E-state index contributed by atoms with van der Waals surface area (Å²) in [6.45, 7) is 1.27. The highest BCUT2D eigenvalue weighted by atomic mass is 19.1. The molecule has 0 spiro atoms. The standard InChI is InChI=1S/C18H17FN4O2/c19-14-7-5-12(6-8-14)16-20-17(22-21-16)13-3-1-9-23(11-13)18(24)15-4-2-10-25-15/h2,4-8,10,13H,1,3,9,11H2,(H,20,21,22)/t13-/m0/s1. The van der Waals surface area contributed by atoms with Crippen LogP contribution in [0.1, 0.15) is 35.1 Å². The normalized spacial score (nSPS) is 17.6. The van der Waals surface area contributed by atoms with Gasteiger partial charge in [0.15, 0.2) is 11.6 Å². The van der Waals surface area contributed by atoms with Gasteiger partial charge in [-0.3, -0.25) is 9.89 Å². The summed E-state index contributed by atoms with van der Waals surface area (Å²) in [7, 11) is 0. The van der Waals surface area contributed by atoms with Gasteiger partial charge in [0.1, 0.15) is 11.6 Å². The molecule has 1 amide bonds. The summed E-state index contributed by atoms with van der Waals surface area (Å²) in [4.78, 5) is 18.8. The van der Waals surface area contributed by atoms with Crippen molar-refractivity contribution in [3.63, 3.8) is 0 Å². The topological polar surface area (TPSA) is 75.0 Å². The molecule has 7 heteroatoms. The van der Waals surface area contributed by atoms with E-state index in [9.17, 15) is 9.18 Å². The Bertz CT molecular complexity index is 858. The number of benzene rings is 1. The largest absolute Gasteiger partial charge is 0.459 e. The van der Waals surface area contributed by atoms with Crippen LogP contribution in [0.5, 0.6) is 0 Å². The minimum absolute atomic E-state index is 0.0920. The van der Waals surface area contributed by atoms with Crippen molar-refractivity contribution in [1.29, 1.82) is 0 Å². The zero-order valence-electron chi connectivity index (χ0n) is 13.5. The van der Waals surface area contributed by atoms with Crippen molar-refractivity contribution in [3.8, 4) is 11.4 Å². The van der Waals surface area contributed by atoms with Gasteiger partial charge >= 0.3 is 0 Å². The number of likely N-dealkylation sites (tertiary alicyclic amines) is 1. The number of carbonyl (C=O) groups excluding carboxylic acids is 1. The summed E-state index contributed by atoms with van der Waals surface area (Å²) in [6.07, 6.45) is 3.32. The number of H-pyrrole nitrogens is 1. The number of nitrogens with one attached hydrogen (secondary N) is 1. The third kappa shape index (κ3) is 3.17. The second-order valence-electron chi connectivity index (χ2n) is 6.12. The van der Waals surface area contributed by atoms with Gasteiger partial charge in [-0.1, -0.05) is 0 Å². The van der Waals surface area contributed by atoms with Crippen molar-refractivity contribution in [1.82, 2.24) is 20.1 Å². The molecule has 0 aliphatic carbocycles. The highest BCUT2D eigenvalue weighted by molar-refractivity contribution is 5.91. The fraction of sp³-hybridized carbons (Fsp3) is 0.278. The number of aromatic nitrogens is 3. The maximum Gasteiger partial charge on any atom is 0.289 e. The molecular weight excluding hydrogens is 323 g/mol. The third-order valence-corrected chi connectivity index (χ3v) is 4.43. The number of nitrogens with zero attached hydrogens (tertiary/aromatic N) is 3. The number of hydrogen-bond acceptors (Lipinski definition) is 4. The lowest BCUT2D eigenvalue weighted by Gasteiger charge is -2.31. The Morgan fingerprint density at radius 2 is 2.12 bits per heavy atom. The molecule has 6 nitrogen and oxygen atoms in total. The van der Waals surface area contributed by atoms with Crippen LogP contribution in [0.25, 0.3) is 11.4 Å². The second-order valence-corrected chi connectivity index (χ2v) is 6.12. The lowest BCUT2D eigenvalue weighted by Crippen LogP contribution is -2.39. The number of amides is 1. The van der Waals surface area contributed by atoms with Gasteiger partial charge in [-0.25, -0.2) is 9.37 Å². The summed E-state index contributed by atoms with van der Waals surface area (Å²) in [5, 5.41) is 7.20. The van der Waals surface area contributed by atoms with Gasteiger partial charge in [-0.15, -0.1) is 0 Å². The maximum atomic E-state index is 13.0. The van der Waals surface area contributed by atoms with Crippen LogP contribution in [0.2, 0.25) is 0 Å². The van der Waals surface area contributed by atoms with Crippen molar-refractivity contribution < 1.29 is 13.6 Å². The lowest BCUT2D eigenvalue weighted by atomic mass is 9.97. The predicted octanol–water partition coefficient (Wildman–Crippen LogP) is 3.22. The molecule has 1 aromatic carbocycles. The van der Waals surface area contributed by atoms with Crippen molar-refractivity contribution in [3.05, 3.63) is 60.1 Å². The van der Waals surface area contributed by atoms with E-state index in [1.807, 2.05) is 0 Å². The van der Waals surface area contributed by atoms with E-state index in [1.54, 1.807) is 29.2 Å². The van der Waals surface area contributed by atoms with Gasteiger partial charge in [0.25, 0.3) is 5.91 Å². The number of piperidine rings is 1. The molecule has 3 aromatic rings. The summed E-state index contributed by atoms with van der Waals surface area (Å²) in [5.74, 6) is 1.33. The highest BCUT2D eigenvalue weighted by Crippen LogP contribution is 2.27. The van der Waals surface area contributed by atoms with Gasteiger partial charge in [-0.2, -0.15) is 5.10 Å². The Morgan fingerprint density at radius 1 is 1.28 bits per heavy atom. The second kappa shape index (κ2) is 6.51. The van der Waals surface area contributed by atoms with E-state index >= 15 is 0 Å². The summed E-state index contributed by atoms with van der Waals surface area (Å²) < 4.78 is 18.2. The first-order valence-corrected chi connectivity index (χ1v) is 8.22. The first-order valence-electron chi connectivity index (χ1n) is 8.22. The quantitative estimate of drug-likeness (QED) is 0.794. The molecule has 4 rings (SSSR count). The van der Waals surface area contributed by atoms with Gasteiger partial charge < -0.3 is 9.32 Å². The molecule has 3 heterocycles. The molecule has 1 saturated heterocycles. The SMILES string of the molecule is O=C(c1ccco1)N1CCC[C@H](c2nc(-c3ccc(F)cc3)n[nH]2)C1. The third-order valence-electron chi connectivity index (χ3n) is 4.43. The Hall–Kier alpha value is -2.96. The predicted molar refractivity (Wildman–Crippen MR) is 88.4 cm³/mol. The minimum atomic E-state index is -0.293. The van der Waals surface area contributed by atoms with E-state index in [1.165, 1.54) is 18.4 Å². The maximum absolute atomic E-state index is 13.0. The Labute approximate surface area is 143 Å². The zero-order chi connectivity index (χ0) is 17.2. The summed E-state index contributed by atoms with van der Waals surface area (Å²) in [6, 6.07) is 9.45. The molecule has 25 heavy (non-hydrogen) atoms. The van der Waals surface area contributed by atoms with Crippen molar-refractivity contribution >= 4 is 5.91 Å². The fourth-order valence-corrected chi connectivity index (χ4v) is 3.13. The van der Waals surface area contributed by atoms with Crippen LogP contribution in [-0.4, -0.2) is 39.1 Å². The van der Waals surface area contributed by atoms with Crippen molar-refractivity contribution in [2.45, 2.75) is 18.8 Å². The molecule has 128 valence electrons. The van der Waals surface area contributed by atoms with Crippen LogP contribution in [0, 0.1) is 5.82 Å². The Balaban J connectivity index is 1.50. The first-order chi connectivity index (χ1) is 12.2. The highest BCUT2D eigenvalue weighted by Gasteiger charge is 2.28. The molecule has 2 aromatic heterocycles. The molecule has 0 bridgehead atoms. The van der Waals surface area contributed by atoms with Crippen LogP contribution < -0.4 is 0 Å². The Kier molecular flexibility index (Phi) is 4.05. The molecule has 1 aliphatic heterocycles. The number of rotatable bonds is 3. The molecule has 0 saturated carbocycles. The molecule has 1 fully saturated rings. The monoisotopic (exact) mass is 340 g/mol. The first kappa shape index (κ1) is 15.6. The van der Waals surface area contributed by atoms with E-state index in [0.717, 1.165) is 24.2 Å². The zero-order valence-corrected chi connectivity index (χ0v) is 13.5. The number of furan rings is 1. The van der Waals surface area contributed by atoms with Gasteiger partial charge in [-0.05, 0) is 49.2 Å². The minimum Gasteiger partial charge on any atom is -0.459 e. The number of carbonyl (C=O) groups is 1. The average molecular weight is 340 g/mol. The fourth-order valence-electron chi connectivity index (χ4n) is 3.13. The van der Waals surface area contributed by atoms with Gasteiger partial charge in [0.05, 0.1) is 6.26 Å². The summed E-state index contributed by atoms with van der Waals surface area (Å²) in [5.41, 5.74) is 0.753. The van der Waals surface area contributed by atoms with Crippen LogP contribution >= 0.6 is 0 Å². The smallest absolute Gasteiger partial charge is 0.289 e. The molecule has 1 atom stereocenters.